The minimum atomic E-state index is -3.67. The van der Waals surface area contributed by atoms with Crippen molar-refractivity contribution in [3.8, 4) is 5.88 Å². The first-order valence-electron chi connectivity index (χ1n) is 9.72. The van der Waals surface area contributed by atoms with Crippen molar-refractivity contribution in [3.63, 3.8) is 0 Å². The van der Waals surface area contributed by atoms with Gasteiger partial charge >= 0.3 is 0 Å². The molecule has 0 aromatic carbocycles. The van der Waals surface area contributed by atoms with Gasteiger partial charge in [0.05, 0.1) is 19.3 Å². The molecule has 2 aromatic heterocycles. The van der Waals surface area contributed by atoms with Crippen molar-refractivity contribution in [1.29, 1.82) is 0 Å². The smallest absolute Gasteiger partial charge is 0.248 e. The maximum Gasteiger partial charge on any atom is 0.248 e. The SMILES string of the molecule is COc1ncccc1S(=O)(=O)N1C[C@H]2C[C@@H](Nc3ccccn3)[C@H](OC)C[C@H]2C1. The Morgan fingerprint density at radius 3 is 2.48 bits per heavy atom. The van der Waals surface area contributed by atoms with Crippen LogP contribution in [-0.2, 0) is 14.8 Å². The molecule has 156 valence electrons. The molecular weight excluding hydrogens is 392 g/mol. The minimum absolute atomic E-state index is 0.00818. The first kappa shape index (κ1) is 20.1. The van der Waals surface area contributed by atoms with Crippen molar-refractivity contribution in [2.24, 2.45) is 11.8 Å². The Balaban J connectivity index is 1.52. The van der Waals surface area contributed by atoms with E-state index >= 15 is 0 Å². The molecule has 0 bridgehead atoms. The van der Waals surface area contributed by atoms with Crippen LogP contribution in [0.25, 0.3) is 0 Å². The van der Waals surface area contributed by atoms with E-state index in [9.17, 15) is 8.42 Å². The van der Waals surface area contributed by atoms with Crippen LogP contribution in [0.15, 0.2) is 47.6 Å². The third kappa shape index (κ3) is 3.94. The Hall–Kier alpha value is -2.23. The van der Waals surface area contributed by atoms with Crippen LogP contribution in [0, 0.1) is 11.8 Å². The van der Waals surface area contributed by atoms with Crippen molar-refractivity contribution in [1.82, 2.24) is 14.3 Å². The van der Waals surface area contributed by atoms with Crippen molar-refractivity contribution >= 4 is 15.8 Å². The zero-order valence-electron chi connectivity index (χ0n) is 16.6. The molecule has 2 aliphatic rings. The molecule has 29 heavy (non-hydrogen) atoms. The number of ether oxygens (including phenoxy) is 2. The number of hydrogen-bond donors (Lipinski definition) is 1. The van der Waals surface area contributed by atoms with Gasteiger partial charge in [0, 0.05) is 32.6 Å². The number of aromatic nitrogens is 2. The monoisotopic (exact) mass is 418 g/mol. The van der Waals surface area contributed by atoms with Gasteiger partial charge in [0.1, 0.15) is 10.7 Å². The Bertz CT molecular complexity index is 941. The van der Waals surface area contributed by atoms with Crippen LogP contribution in [0.4, 0.5) is 5.82 Å². The molecule has 0 unspecified atom stereocenters. The highest BCUT2D eigenvalue weighted by Crippen LogP contribution is 2.40. The normalized spacial score (nSPS) is 27.4. The maximum absolute atomic E-state index is 13.2. The summed E-state index contributed by atoms with van der Waals surface area (Å²) in [6, 6.07) is 9.00. The number of pyridine rings is 2. The fourth-order valence-electron chi connectivity index (χ4n) is 4.48. The van der Waals surface area contributed by atoms with Crippen molar-refractivity contribution in [2.75, 3.05) is 32.6 Å². The number of fused-ring (bicyclic) bond motifs is 1. The van der Waals surface area contributed by atoms with Gasteiger partial charge in [-0.25, -0.2) is 18.4 Å². The number of nitrogens with one attached hydrogen (secondary N) is 1. The average Bonchev–Trinajstić information content (AvgIpc) is 3.17. The molecule has 0 radical (unpaired) electrons. The summed E-state index contributed by atoms with van der Waals surface area (Å²) < 4.78 is 38.9. The molecule has 1 aliphatic heterocycles. The molecule has 1 saturated heterocycles. The van der Waals surface area contributed by atoms with E-state index in [0.29, 0.717) is 13.1 Å². The second kappa shape index (κ2) is 8.25. The Morgan fingerprint density at radius 2 is 1.79 bits per heavy atom. The zero-order valence-corrected chi connectivity index (χ0v) is 17.4. The summed E-state index contributed by atoms with van der Waals surface area (Å²) in [5.74, 6) is 1.46. The summed E-state index contributed by atoms with van der Waals surface area (Å²) in [6.07, 6.45) is 4.92. The largest absolute Gasteiger partial charge is 0.480 e. The van der Waals surface area contributed by atoms with E-state index in [4.69, 9.17) is 9.47 Å². The number of hydrogen-bond acceptors (Lipinski definition) is 7. The van der Waals surface area contributed by atoms with Crippen LogP contribution < -0.4 is 10.1 Å². The minimum Gasteiger partial charge on any atom is -0.480 e. The van der Waals surface area contributed by atoms with E-state index in [2.05, 4.69) is 15.3 Å². The number of methoxy groups -OCH3 is 2. The summed E-state index contributed by atoms with van der Waals surface area (Å²) in [7, 11) is -0.525. The molecule has 1 aliphatic carbocycles. The van der Waals surface area contributed by atoms with Gasteiger partial charge in [-0.1, -0.05) is 6.07 Å². The first-order valence-corrected chi connectivity index (χ1v) is 11.2. The van der Waals surface area contributed by atoms with Crippen LogP contribution in [0.5, 0.6) is 5.88 Å². The lowest BCUT2D eigenvalue weighted by Crippen LogP contribution is -2.44. The molecule has 3 heterocycles. The van der Waals surface area contributed by atoms with E-state index in [1.54, 1.807) is 29.7 Å². The molecule has 0 amide bonds. The van der Waals surface area contributed by atoms with Gasteiger partial charge in [-0.2, -0.15) is 4.31 Å². The highest BCUT2D eigenvalue weighted by Gasteiger charge is 2.46. The highest BCUT2D eigenvalue weighted by atomic mass is 32.2. The predicted molar refractivity (Wildman–Crippen MR) is 108 cm³/mol. The Labute approximate surface area is 171 Å². The van der Waals surface area contributed by atoms with Gasteiger partial charge in [-0.15, -0.1) is 0 Å². The van der Waals surface area contributed by atoms with Gasteiger partial charge in [-0.05, 0) is 48.9 Å². The van der Waals surface area contributed by atoms with Gasteiger partial charge in [0.15, 0.2) is 0 Å². The lowest BCUT2D eigenvalue weighted by atomic mass is 9.77. The van der Waals surface area contributed by atoms with Gasteiger partial charge in [-0.3, -0.25) is 0 Å². The van der Waals surface area contributed by atoms with E-state index < -0.39 is 10.0 Å². The molecule has 1 N–H and O–H groups in total. The molecule has 0 spiro atoms. The van der Waals surface area contributed by atoms with Crippen molar-refractivity contribution in [3.05, 3.63) is 42.7 Å². The van der Waals surface area contributed by atoms with Gasteiger partial charge < -0.3 is 14.8 Å². The lowest BCUT2D eigenvalue weighted by molar-refractivity contribution is 0.0305. The van der Waals surface area contributed by atoms with E-state index in [0.717, 1.165) is 18.7 Å². The van der Waals surface area contributed by atoms with Gasteiger partial charge in [0.2, 0.25) is 15.9 Å². The topological polar surface area (TPSA) is 93.7 Å². The number of nitrogens with zero attached hydrogens (tertiary/aromatic N) is 3. The fourth-order valence-corrected chi connectivity index (χ4v) is 6.14. The zero-order chi connectivity index (χ0) is 20.4. The third-order valence-corrected chi connectivity index (χ3v) is 7.78. The first-order chi connectivity index (χ1) is 14.0. The molecule has 8 nitrogen and oxygen atoms in total. The summed E-state index contributed by atoms with van der Waals surface area (Å²) in [5, 5.41) is 3.46. The molecule has 4 atom stereocenters. The van der Waals surface area contributed by atoms with Crippen LogP contribution in [0.1, 0.15) is 12.8 Å². The van der Waals surface area contributed by atoms with Crippen LogP contribution in [0.2, 0.25) is 0 Å². The summed E-state index contributed by atoms with van der Waals surface area (Å²) >= 11 is 0. The maximum atomic E-state index is 13.2. The average molecular weight is 419 g/mol. The molecular formula is C20H26N4O4S. The quantitative estimate of drug-likeness (QED) is 0.767. The van der Waals surface area contributed by atoms with Crippen molar-refractivity contribution in [2.45, 2.75) is 29.9 Å². The second-order valence-corrected chi connectivity index (χ2v) is 9.47. The summed E-state index contributed by atoms with van der Waals surface area (Å²) in [4.78, 5) is 8.51. The fraction of sp³-hybridized carbons (Fsp3) is 0.500. The van der Waals surface area contributed by atoms with Crippen LogP contribution >= 0.6 is 0 Å². The highest BCUT2D eigenvalue weighted by molar-refractivity contribution is 7.89. The molecule has 9 heteroatoms. The molecule has 1 saturated carbocycles. The van der Waals surface area contributed by atoms with E-state index in [1.807, 2.05) is 18.2 Å². The summed E-state index contributed by atoms with van der Waals surface area (Å²) in [6.45, 7) is 0.975. The molecule has 2 fully saturated rings. The van der Waals surface area contributed by atoms with Crippen LogP contribution in [0.3, 0.4) is 0 Å². The number of rotatable bonds is 6. The number of anilines is 1. The lowest BCUT2D eigenvalue weighted by Gasteiger charge is -2.37. The van der Waals surface area contributed by atoms with E-state index in [1.165, 1.54) is 13.3 Å². The van der Waals surface area contributed by atoms with Crippen LogP contribution in [-0.4, -0.2) is 62.1 Å². The Morgan fingerprint density at radius 1 is 1.03 bits per heavy atom. The van der Waals surface area contributed by atoms with Crippen molar-refractivity contribution < 1.29 is 17.9 Å². The summed E-state index contributed by atoms with van der Waals surface area (Å²) in [5.41, 5.74) is 0. The third-order valence-electron chi connectivity index (χ3n) is 5.93. The molecule has 2 aromatic rings. The standard InChI is InChI=1S/C20H26N4O4S/c1-27-17-11-15-13-24(29(25,26)18-6-5-9-22-20(18)28-2)12-14(15)10-16(17)23-19-7-3-4-8-21-19/h3-9,14-17H,10-13H2,1-2H3,(H,21,23)/t14-,15+,16-,17-/m1/s1. The predicted octanol–water partition coefficient (Wildman–Crippen LogP) is 2.01. The Kier molecular flexibility index (Phi) is 5.71. The van der Waals surface area contributed by atoms with Gasteiger partial charge in [0.25, 0.3) is 0 Å². The molecule has 4 rings (SSSR count). The van der Waals surface area contributed by atoms with E-state index in [-0.39, 0.29) is 34.8 Å². The number of sulfonamides is 1. The second-order valence-electron chi connectivity index (χ2n) is 7.56.